The summed E-state index contributed by atoms with van der Waals surface area (Å²) in [4.78, 5) is 25.4. The highest BCUT2D eigenvalue weighted by Gasteiger charge is 2.08. The summed E-state index contributed by atoms with van der Waals surface area (Å²) < 4.78 is 9.87. The molecule has 1 amide bonds. The molecule has 0 spiro atoms. The van der Waals surface area contributed by atoms with Crippen LogP contribution in [0.25, 0.3) is 0 Å². The van der Waals surface area contributed by atoms with Crippen molar-refractivity contribution in [1.29, 1.82) is 0 Å². The number of hydrogen-bond acceptors (Lipinski definition) is 5. The van der Waals surface area contributed by atoms with Crippen LogP contribution >= 0.6 is 0 Å². The minimum Gasteiger partial charge on any atom is -0.497 e. The Bertz CT molecular complexity index is 744. The van der Waals surface area contributed by atoms with Crippen molar-refractivity contribution in [3.8, 4) is 5.75 Å². The molecule has 0 radical (unpaired) electrons. The number of carbonyl (C=O) groups excluding carboxylic acids is 2. The molecular formula is C20H24N2O4. The molecule has 0 aromatic heterocycles. The van der Waals surface area contributed by atoms with Gasteiger partial charge in [0, 0.05) is 13.1 Å². The largest absolute Gasteiger partial charge is 0.497 e. The van der Waals surface area contributed by atoms with Crippen LogP contribution in [0.1, 0.15) is 21.5 Å². The molecule has 26 heavy (non-hydrogen) atoms. The first-order valence-corrected chi connectivity index (χ1v) is 8.27. The molecular weight excluding hydrogens is 332 g/mol. The van der Waals surface area contributed by atoms with Crippen LogP contribution in [0.5, 0.6) is 5.75 Å². The normalized spacial score (nSPS) is 10.5. The third-order valence-electron chi connectivity index (χ3n) is 3.86. The second-order valence-corrected chi connectivity index (χ2v) is 5.99. The van der Waals surface area contributed by atoms with Crippen LogP contribution in [-0.2, 0) is 22.6 Å². The van der Waals surface area contributed by atoms with Crippen LogP contribution in [-0.4, -0.2) is 44.6 Å². The van der Waals surface area contributed by atoms with Crippen molar-refractivity contribution >= 4 is 11.9 Å². The summed E-state index contributed by atoms with van der Waals surface area (Å²) in [5, 5.41) is 2.88. The first-order valence-electron chi connectivity index (χ1n) is 8.27. The molecule has 0 bridgehead atoms. The minimum atomic E-state index is -0.375. The highest BCUT2D eigenvalue weighted by atomic mass is 16.5. The number of carbonyl (C=O) groups is 2. The van der Waals surface area contributed by atoms with E-state index in [1.54, 1.807) is 31.4 Å². The fraction of sp³-hybridized carbons (Fsp3) is 0.300. The first kappa shape index (κ1) is 19.5. The van der Waals surface area contributed by atoms with E-state index in [2.05, 4.69) is 10.1 Å². The maximum absolute atomic E-state index is 12.1. The summed E-state index contributed by atoms with van der Waals surface area (Å²) >= 11 is 0. The molecule has 0 aliphatic carbocycles. The quantitative estimate of drug-likeness (QED) is 0.735. The summed E-state index contributed by atoms with van der Waals surface area (Å²) in [5.41, 5.74) is 2.49. The standard InChI is InChI=1S/C20H24N2O4/c1-22(13-16-5-4-6-18(11-16)25-2)14-19(23)21-12-15-7-9-17(10-8-15)20(24)26-3/h4-11H,12-14H2,1-3H3,(H,21,23). The SMILES string of the molecule is COC(=O)c1ccc(CNC(=O)CN(C)Cc2cccc(OC)c2)cc1. The predicted molar refractivity (Wildman–Crippen MR) is 99.0 cm³/mol. The van der Waals surface area contributed by atoms with Crippen molar-refractivity contribution in [2.45, 2.75) is 13.1 Å². The number of rotatable bonds is 8. The van der Waals surface area contributed by atoms with E-state index in [1.165, 1.54) is 7.11 Å². The van der Waals surface area contributed by atoms with Crippen LogP contribution in [0.2, 0.25) is 0 Å². The molecule has 0 unspecified atom stereocenters. The van der Waals surface area contributed by atoms with Gasteiger partial charge in [0.1, 0.15) is 5.75 Å². The van der Waals surface area contributed by atoms with Gasteiger partial charge < -0.3 is 14.8 Å². The monoisotopic (exact) mass is 356 g/mol. The number of benzene rings is 2. The van der Waals surface area contributed by atoms with E-state index in [0.29, 0.717) is 18.7 Å². The van der Waals surface area contributed by atoms with Gasteiger partial charge in [0.2, 0.25) is 5.91 Å². The lowest BCUT2D eigenvalue weighted by Gasteiger charge is -2.17. The Balaban J connectivity index is 1.79. The van der Waals surface area contributed by atoms with Crippen molar-refractivity contribution in [2.24, 2.45) is 0 Å². The maximum atomic E-state index is 12.1. The maximum Gasteiger partial charge on any atom is 0.337 e. The topological polar surface area (TPSA) is 67.9 Å². The average Bonchev–Trinajstić information content (AvgIpc) is 2.66. The smallest absolute Gasteiger partial charge is 0.337 e. The summed E-state index contributed by atoms with van der Waals surface area (Å²) in [6.45, 7) is 1.35. The van der Waals surface area contributed by atoms with Crippen molar-refractivity contribution in [3.63, 3.8) is 0 Å². The number of likely N-dealkylation sites (N-methyl/N-ethyl adjacent to an activating group) is 1. The summed E-state index contributed by atoms with van der Waals surface area (Å²) in [7, 11) is 4.87. The zero-order chi connectivity index (χ0) is 18.9. The van der Waals surface area contributed by atoms with Crippen LogP contribution in [0.15, 0.2) is 48.5 Å². The summed E-state index contributed by atoms with van der Waals surface area (Å²) in [6, 6.07) is 14.7. The molecule has 2 aromatic rings. The van der Waals surface area contributed by atoms with Crippen LogP contribution in [0.4, 0.5) is 0 Å². The first-order chi connectivity index (χ1) is 12.5. The second kappa shape index (κ2) is 9.58. The number of esters is 1. The van der Waals surface area contributed by atoms with E-state index in [9.17, 15) is 9.59 Å². The molecule has 138 valence electrons. The van der Waals surface area contributed by atoms with E-state index >= 15 is 0 Å². The van der Waals surface area contributed by atoms with E-state index < -0.39 is 0 Å². The number of amides is 1. The molecule has 0 aliphatic heterocycles. The third-order valence-corrected chi connectivity index (χ3v) is 3.86. The summed E-state index contributed by atoms with van der Waals surface area (Å²) in [6.07, 6.45) is 0. The zero-order valence-electron chi connectivity index (χ0n) is 15.3. The van der Waals surface area contributed by atoms with Crippen molar-refractivity contribution in [2.75, 3.05) is 27.8 Å². The van der Waals surface area contributed by atoms with Gasteiger partial charge in [0.25, 0.3) is 0 Å². The third kappa shape index (κ3) is 5.89. The lowest BCUT2D eigenvalue weighted by molar-refractivity contribution is -0.122. The Hall–Kier alpha value is -2.86. The van der Waals surface area contributed by atoms with Gasteiger partial charge in [-0.15, -0.1) is 0 Å². The lowest BCUT2D eigenvalue weighted by Crippen LogP contribution is -2.34. The fourth-order valence-corrected chi connectivity index (χ4v) is 2.52. The minimum absolute atomic E-state index is 0.0626. The molecule has 6 heteroatoms. The number of nitrogens with zero attached hydrogens (tertiary/aromatic N) is 1. The molecule has 1 N–H and O–H groups in total. The molecule has 0 saturated heterocycles. The number of hydrogen-bond donors (Lipinski definition) is 1. The van der Waals surface area contributed by atoms with Crippen LogP contribution < -0.4 is 10.1 Å². The second-order valence-electron chi connectivity index (χ2n) is 5.99. The Labute approximate surface area is 153 Å². The lowest BCUT2D eigenvalue weighted by atomic mass is 10.1. The van der Waals surface area contributed by atoms with Crippen LogP contribution in [0.3, 0.4) is 0 Å². The van der Waals surface area contributed by atoms with Crippen molar-refractivity contribution in [1.82, 2.24) is 10.2 Å². The van der Waals surface area contributed by atoms with Crippen molar-refractivity contribution in [3.05, 3.63) is 65.2 Å². The Morgan fingerprint density at radius 3 is 2.42 bits per heavy atom. The molecule has 2 rings (SSSR count). The predicted octanol–water partition coefficient (Wildman–Crippen LogP) is 2.23. The molecule has 0 aliphatic rings. The van der Waals surface area contributed by atoms with Gasteiger partial charge in [-0.05, 0) is 42.4 Å². The molecule has 2 aromatic carbocycles. The van der Waals surface area contributed by atoms with Gasteiger partial charge >= 0.3 is 5.97 Å². The Morgan fingerprint density at radius 1 is 1.04 bits per heavy atom. The fourth-order valence-electron chi connectivity index (χ4n) is 2.52. The Morgan fingerprint density at radius 2 is 1.77 bits per heavy atom. The summed E-state index contributed by atoms with van der Waals surface area (Å²) in [5.74, 6) is 0.364. The van der Waals surface area contributed by atoms with Gasteiger partial charge in [-0.3, -0.25) is 9.69 Å². The zero-order valence-corrected chi connectivity index (χ0v) is 15.3. The van der Waals surface area contributed by atoms with Gasteiger partial charge in [-0.25, -0.2) is 4.79 Å². The molecule has 0 atom stereocenters. The van der Waals surface area contributed by atoms with Gasteiger partial charge in [0.05, 0.1) is 26.3 Å². The van der Waals surface area contributed by atoms with E-state index in [-0.39, 0.29) is 18.4 Å². The number of ether oxygens (including phenoxy) is 2. The highest BCUT2D eigenvalue weighted by Crippen LogP contribution is 2.13. The number of methoxy groups -OCH3 is 2. The van der Waals surface area contributed by atoms with Gasteiger partial charge in [-0.1, -0.05) is 24.3 Å². The molecule has 0 saturated carbocycles. The molecule has 0 fully saturated rings. The average molecular weight is 356 g/mol. The number of nitrogens with one attached hydrogen (secondary N) is 1. The Kier molecular flexibility index (Phi) is 7.17. The van der Waals surface area contributed by atoms with Gasteiger partial charge in [0.15, 0.2) is 0 Å². The van der Waals surface area contributed by atoms with Gasteiger partial charge in [-0.2, -0.15) is 0 Å². The highest BCUT2D eigenvalue weighted by molar-refractivity contribution is 5.89. The molecule has 0 heterocycles. The molecule has 6 nitrogen and oxygen atoms in total. The van der Waals surface area contributed by atoms with Crippen LogP contribution in [0, 0.1) is 0 Å². The van der Waals surface area contributed by atoms with Crippen molar-refractivity contribution < 1.29 is 19.1 Å². The van der Waals surface area contributed by atoms with E-state index in [4.69, 9.17) is 4.74 Å². The van der Waals surface area contributed by atoms with E-state index in [0.717, 1.165) is 16.9 Å². The van der Waals surface area contributed by atoms with E-state index in [1.807, 2.05) is 36.2 Å².